The van der Waals surface area contributed by atoms with Crippen LogP contribution in [0.15, 0.2) is 77.7 Å². The van der Waals surface area contributed by atoms with Crippen molar-refractivity contribution < 1.29 is 4.39 Å². The maximum atomic E-state index is 13.6. The molecule has 25 heavy (non-hydrogen) atoms. The van der Waals surface area contributed by atoms with E-state index in [2.05, 4.69) is 15.3 Å². The van der Waals surface area contributed by atoms with Crippen molar-refractivity contribution in [1.82, 2.24) is 14.5 Å². The molecular formula is C19H13FN4O. The molecule has 4 rings (SSSR count). The van der Waals surface area contributed by atoms with Crippen LogP contribution < -0.4 is 10.9 Å². The number of halogens is 1. The number of para-hydroxylation sites is 1. The van der Waals surface area contributed by atoms with Crippen LogP contribution in [0.2, 0.25) is 0 Å². The fourth-order valence-electron chi connectivity index (χ4n) is 2.61. The fraction of sp³-hybridized carbons (Fsp3) is 0. The molecule has 0 saturated heterocycles. The second-order valence-corrected chi connectivity index (χ2v) is 5.41. The molecule has 4 aromatic rings. The number of hydrogen-bond acceptors (Lipinski definition) is 4. The Morgan fingerprint density at radius 2 is 1.76 bits per heavy atom. The van der Waals surface area contributed by atoms with E-state index < -0.39 is 5.82 Å². The molecule has 0 aliphatic heterocycles. The van der Waals surface area contributed by atoms with Gasteiger partial charge in [-0.1, -0.05) is 24.3 Å². The van der Waals surface area contributed by atoms with Crippen LogP contribution in [0.5, 0.6) is 0 Å². The molecule has 0 atom stereocenters. The van der Waals surface area contributed by atoms with E-state index in [1.165, 1.54) is 22.8 Å². The first kappa shape index (κ1) is 15.0. The van der Waals surface area contributed by atoms with Crippen LogP contribution in [0.3, 0.4) is 0 Å². The smallest absolute Gasteiger partial charge is 0.267 e. The number of fused-ring (bicyclic) bond motifs is 1. The molecule has 0 spiro atoms. The molecule has 2 aromatic heterocycles. The molecule has 122 valence electrons. The summed E-state index contributed by atoms with van der Waals surface area (Å²) in [6.45, 7) is 0. The van der Waals surface area contributed by atoms with Crippen LogP contribution in [0, 0.1) is 5.82 Å². The maximum absolute atomic E-state index is 13.6. The van der Waals surface area contributed by atoms with Gasteiger partial charge in [0, 0.05) is 6.20 Å². The van der Waals surface area contributed by atoms with Gasteiger partial charge in [0.25, 0.3) is 5.56 Å². The van der Waals surface area contributed by atoms with Crippen LogP contribution in [-0.4, -0.2) is 14.5 Å². The zero-order chi connectivity index (χ0) is 17.2. The van der Waals surface area contributed by atoms with E-state index in [1.807, 2.05) is 24.3 Å². The van der Waals surface area contributed by atoms with Crippen molar-refractivity contribution in [2.75, 3.05) is 5.32 Å². The summed E-state index contributed by atoms with van der Waals surface area (Å²) in [6, 6.07) is 18.5. The van der Waals surface area contributed by atoms with Crippen molar-refractivity contribution in [2.24, 2.45) is 0 Å². The maximum Gasteiger partial charge on any atom is 0.267 e. The Labute approximate surface area is 142 Å². The lowest BCUT2D eigenvalue weighted by atomic mass is 10.2. The van der Waals surface area contributed by atoms with Gasteiger partial charge in [-0.2, -0.15) is 0 Å². The number of nitrogens with zero attached hydrogens (tertiary/aromatic N) is 3. The lowest BCUT2D eigenvalue weighted by Gasteiger charge is -2.14. The first-order valence-corrected chi connectivity index (χ1v) is 7.68. The molecule has 1 N–H and O–H groups in total. The van der Waals surface area contributed by atoms with E-state index in [9.17, 15) is 9.18 Å². The minimum atomic E-state index is -0.476. The topological polar surface area (TPSA) is 59.8 Å². The van der Waals surface area contributed by atoms with Gasteiger partial charge in [-0.3, -0.25) is 4.79 Å². The summed E-state index contributed by atoms with van der Waals surface area (Å²) in [5, 5.41) is 3.28. The highest BCUT2D eigenvalue weighted by Crippen LogP contribution is 2.19. The Morgan fingerprint density at radius 3 is 2.52 bits per heavy atom. The molecule has 5 nitrogen and oxygen atoms in total. The quantitative estimate of drug-likeness (QED) is 0.622. The van der Waals surface area contributed by atoms with Gasteiger partial charge in [-0.25, -0.2) is 18.9 Å². The molecule has 0 aliphatic carbocycles. The van der Waals surface area contributed by atoms with E-state index in [4.69, 9.17) is 0 Å². The first-order valence-electron chi connectivity index (χ1n) is 7.68. The lowest BCUT2D eigenvalue weighted by molar-refractivity contribution is 0.629. The molecule has 0 radical (unpaired) electrons. The molecule has 6 heteroatoms. The van der Waals surface area contributed by atoms with Gasteiger partial charge < -0.3 is 5.32 Å². The van der Waals surface area contributed by atoms with Gasteiger partial charge in [0.05, 0.1) is 16.6 Å². The predicted octanol–water partition coefficient (Wildman–Crippen LogP) is 3.66. The summed E-state index contributed by atoms with van der Waals surface area (Å²) >= 11 is 0. The lowest BCUT2D eigenvalue weighted by Crippen LogP contribution is -2.23. The third-order valence-electron chi connectivity index (χ3n) is 3.75. The molecule has 2 heterocycles. The van der Waals surface area contributed by atoms with Crippen molar-refractivity contribution in [3.05, 3.63) is 89.1 Å². The summed E-state index contributed by atoms with van der Waals surface area (Å²) in [5.41, 5.74) is 0.690. The van der Waals surface area contributed by atoms with Crippen LogP contribution in [0.4, 0.5) is 16.2 Å². The van der Waals surface area contributed by atoms with Crippen LogP contribution >= 0.6 is 0 Å². The van der Waals surface area contributed by atoms with Gasteiger partial charge in [0.2, 0.25) is 5.95 Å². The zero-order valence-electron chi connectivity index (χ0n) is 13.1. The summed E-state index contributed by atoms with van der Waals surface area (Å²) in [6.07, 6.45) is 1.64. The van der Waals surface area contributed by atoms with Crippen molar-refractivity contribution in [1.29, 1.82) is 0 Å². The Hall–Kier alpha value is -3.54. The average Bonchev–Trinajstić information content (AvgIpc) is 2.64. The Balaban J connectivity index is 1.99. The Bertz CT molecular complexity index is 1090. The number of nitrogens with one attached hydrogen (secondary N) is 1. The summed E-state index contributed by atoms with van der Waals surface area (Å²) in [5.74, 6) is 0.394. The average molecular weight is 332 g/mol. The van der Waals surface area contributed by atoms with Gasteiger partial charge in [-0.05, 0) is 42.5 Å². The predicted molar refractivity (Wildman–Crippen MR) is 94.8 cm³/mol. The monoisotopic (exact) mass is 332 g/mol. The van der Waals surface area contributed by atoms with Crippen LogP contribution in [0.25, 0.3) is 16.6 Å². The molecule has 0 amide bonds. The molecule has 0 aliphatic rings. The molecular weight excluding hydrogens is 319 g/mol. The minimum Gasteiger partial charge on any atom is -0.310 e. The summed E-state index contributed by atoms with van der Waals surface area (Å²) in [4.78, 5) is 21.7. The van der Waals surface area contributed by atoms with Gasteiger partial charge in [0.15, 0.2) is 0 Å². The van der Waals surface area contributed by atoms with Crippen molar-refractivity contribution in [2.45, 2.75) is 0 Å². The largest absolute Gasteiger partial charge is 0.310 e. The second kappa shape index (κ2) is 6.16. The number of aromatic nitrogens is 3. The van der Waals surface area contributed by atoms with Crippen LogP contribution in [0.1, 0.15) is 0 Å². The van der Waals surface area contributed by atoms with E-state index in [1.54, 1.807) is 30.5 Å². The van der Waals surface area contributed by atoms with Gasteiger partial charge in [0.1, 0.15) is 11.6 Å². The molecule has 0 bridgehead atoms. The molecule has 0 saturated carbocycles. The van der Waals surface area contributed by atoms with Gasteiger partial charge >= 0.3 is 0 Å². The number of hydrogen-bond donors (Lipinski definition) is 1. The molecule has 0 fully saturated rings. The highest BCUT2D eigenvalue weighted by Gasteiger charge is 2.14. The van der Waals surface area contributed by atoms with E-state index in [0.717, 1.165) is 0 Å². The molecule has 2 aromatic carbocycles. The van der Waals surface area contributed by atoms with Gasteiger partial charge in [-0.15, -0.1) is 0 Å². The Kier molecular flexibility index (Phi) is 3.70. The summed E-state index contributed by atoms with van der Waals surface area (Å²) in [7, 11) is 0. The summed E-state index contributed by atoms with van der Waals surface area (Å²) < 4.78 is 15.0. The SMILES string of the molecule is O=c1c2cc(F)ccc2nc(Nc2ccccn2)n1-c1ccccc1. The van der Waals surface area contributed by atoms with Crippen molar-refractivity contribution >= 4 is 22.7 Å². The highest BCUT2D eigenvalue weighted by molar-refractivity contribution is 5.80. The zero-order valence-corrected chi connectivity index (χ0v) is 13.1. The number of rotatable bonds is 3. The van der Waals surface area contributed by atoms with Crippen LogP contribution in [-0.2, 0) is 0 Å². The Morgan fingerprint density at radius 1 is 0.960 bits per heavy atom. The number of anilines is 2. The second-order valence-electron chi connectivity index (χ2n) is 5.41. The molecule has 0 unspecified atom stereocenters. The van der Waals surface area contributed by atoms with E-state index >= 15 is 0 Å². The third kappa shape index (κ3) is 2.85. The van der Waals surface area contributed by atoms with E-state index in [0.29, 0.717) is 23.0 Å². The standard InChI is InChI=1S/C19H13FN4O/c20-13-9-10-16-15(12-13)18(25)24(14-6-2-1-3-7-14)19(22-16)23-17-8-4-5-11-21-17/h1-12H,(H,21,22,23). The fourth-order valence-corrected chi connectivity index (χ4v) is 2.61. The highest BCUT2D eigenvalue weighted by atomic mass is 19.1. The normalized spacial score (nSPS) is 10.8. The first-order chi connectivity index (χ1) is 12.2. The number of pyridine rings is 1. The minimum absolute atomic E-state index is 0.218. The van der Waals surface area contributed by atoms with Crippen molar-refractivity contribution in [3.63, 3.8) is 0 Å². The third-order valence-corrected chi connectivity index (χ3v) is 3.75. The van der Waals surface area contributed by atoms with E-state index in [-0.39, 0.29) is 10.9 Å². The number of benzene rings is 2. The van der Waals surface area contributed by atoms with Crippen molar-refractivity contribution in [3.8, 4) is 5.69 Å².